The minimum absolute atomic E-state index is 0.121. The smallest absolute Gasteiger partial charge is 0.352 e. The number of sulfonamides is 1. The zero-order valence-corrected chi connectivity index (χ0v) is 28.1. The number of carboxylic acids is 1. The fraction of sp³-hybridized carbons (Fsp3) is 0.375. The topological polar surface area (TPSA) is 200 Å². The number of carbonyl (C=O) groups is 2. The molecule has 6 N–H and O–H groups in total. The van der Waals surface area contributed by atoms with Gasteiger partial charge in [-0.2, -0.15) is 4.98 Å². The van der Waals surface area contributed by atoms with Gasteiger partial charge in [0, 0.05) is 30.7 Å². The molecule has 2 aromatic carbocycles. The summed E-state index contributed by atoms with van der Waals surface area (Å²) < 4.78 is 37.9. The van der Waals surface area contributed by atoms with Crippen molar-refractivity contribution in [2.45, 2.75) is 45.1 Å². The van der Waals surface area contributed by atoms with Crippen LogP contribution in [0.1, 0.15) is 60.0 Å². The van der Waals surface area contributed by atoms with Gasteiger partial charge in [0.05, 0.1) is 30.1 Å². The fourth-order valence-electron chi connectivity index (χ4n) is 5.14. The monoisotopic (exact) mass is 667 g/mol. The number of primary amides is 1. The van der Waals surface area contributed by atoms with E-state index in [9.17, 15) is 23.1 Å². The highest BCUT2D eigenvalue weighted by Gasteiger charge is 2.23. The van der Waals surface area contributed by atoms with Crippen LogP contribution >= 0.6 is 0 Å². The number of carboxylic acid groups (broad SMARTS) is 1. The number of nitrogens with one attached hydrogen (secondary N) is 3. The Balaban J connectivity index is 0.000000224. The number of hydrogen-bond acceptors (Lipinski definition) is 10. The number of aromatic nitrogens is 3. The average Bonchev–Trinajstić information content (AvgIpc) is 3.34. The molecule has 1 saturated heterocycles. The lowest BCUT2D eigenvalue weighted by atomic mass is 9.85. The van der Waals surface area contributed by atoms with Crippen molar-refractivity contribution in [2.75, 3.05) is 36.5 Å². The van der Waals surface area contributed by atoms with Gasteiger partial charge in [0.1, 0.15) is 5.69 Å². The Morgan fingerprint density at radius 3 is 2.43 bits per heavy atom. The Morgan fingerprint density at radius 2 is 1.83 bits per heavy atom. The fourth-order valence-corrected chi connectivity index (χ4v) is 5.69. The molecule has 2 aromatic heterocycles. The highest BCUT2D eigenvalue weighted by Crippen LogP contribution is 2.36. The van der Waals surface area contributed by atoms with Crippen LogP contribution in [0.25, 0.3) is 10.9 Å². The number of ether oxygens (including phenoxy) is 2. The van der Waals surface area contributed by atoms with Crippen LogP contribution in [-0.4, -0.2) is 72.4 Å². The molecule has 5 rings (SSSR count). The number of carbonyl (C=O) groups excluding carboxylic acids is 1. The summed E-state index contributed by atoms with van der Waals surface area (Å²) in [4.78, 5) is 31.7. The molecule has 4 aromatic rings. The van der Waals surface area contributed by atoms with Crippen LogP contribution in [0.2, 0.25) is 0 Å². The number of anilines is 2. The van der Waals surface area contributed by atoms with E-state index in [2.05, 4.69) is 25.3 Å². The number of nitrogens with zero attached hydrogens (tertiary/aromatic N) is 3. The van der Waals surface area contributed by atoms with Crippen LogP contribution in [0, 0.1) is 0 Å². The molecular weight excluding hydrogens is 626 g/mol. The maximum Gasteiger partial charge on any atom is 0.352 e. The molecule has 0 saturated carbocycles. The Kier molecular flexibility index (Phi) is 10.6. The summed E-state index contributed by atoms with van der Waals surface area (Å²) >= 11 is 0. The van der Waals surface area contributed by atoms with Crippen molar-refractivity contribution in [3.63, 3.8) is 0 Å². The summed E-state index contributed by atoms with van der Waals surface area (Å²) in [7, 11) is -0.432. The summed E-state index contributed by atoms with van der Waals surface area (Å²) in [6, 6.07) is 12.4. The molecule has 14 nitrogen and oxygen atoms in total. The Labute approximate surface area is 273 Å². The molecule has 0 aliphatic carbocycles. The van der Waals surface area contributed by atoms with Crippen molar-refractivity contribution in [3.05, 3.63) is 65.5 Å². The van der Waals surface area contributed by atoms with Crippen LogP contribution in [0.15, 0.2) is 48.7 Å². The second kappa shape index (κ2) is 14.3. The lowest BCUT2D eigenvalue weighted by Crippen LogP contribution is -2.35. The summed E-state index contributed by atoms with van der Waals surface area (Å²) in [5, 5.41) is 16.8. The zero-order chi connectivity index (χ0) is 34.5. The highest BCUT2D eigenvalue weighted by atomic mass is 32.2. The summed E-state index contributed by atoms with van der Waals surface area (Å²) in [5.41, 5.74) is 7.11. The number of rotatable bonds is 9. The molecule has 15 heteroatoms. The van der Waals surface area contributed by atoms with Gasteiger partial charge >= 0.3 is 5.97 Å². The molecule has 0 spiro atoms. The van der Waals surface area contributed by atoms with Crippen LogP contribution in [-0.2, 0) is 22.5 Å². The van der Waals surface area contributed by atoms with Gasteiger partial charge in [0.2, 0.25) is 21.9 Å². The standard InChI is InChI=1S/C19H21N5O3.C13H20N2O4S/c1-24-14(18(25)26)11-12-3-2-4-15(17(12)24)27-16-7-10-21-19(23-16)22-13-5-8-20-9-6-13;1-13(2,3)8-6-9(12(14)16)11(19-4)10(7-8)15-20(5,17)18/h2-4,7,10-11,13,20H,5-6,8-9H2,1H3,(H,25,26)(H,21,22,23);6-7,15H,1-5H3,(H2,14,16). The second-order valence-corrected chi connectivity index (χ2v) is 13.9. The molecule has 1 aliphatic heterocycles. The normalized spacial score (nSPS) is 13.7. The van der Waals surface area contributed by atoms with Gasteiger partial charge in [-0.1, -0.05) is 32.9 Å². The van der Waals surface area contributed by atoms with Crippen molar-refractivity contribution in [3.8, 4) is 17.4 Å². The van der Waals surface area contributed by atoms with Crippen molar-refractivity contribution in [1.82, 2.24) is 19.9 Å². The summed E-state index contributed by atoms with van der Waals surface area (Å²) in [6.07, 6.45) is 4.73. The predicted molar refractivity (Wildman–Crippen MR) is 180 cm³/mol. The van der Waals surface area contributed by atoms with Crippen molar-refractivity contribution < 1.29 is 32.6 Å². The van der Waals surface area contributed by atoms with E-state index < -0.39 is 21.9 Å². The third-order valence-corrected chi connectivity index (χ3v) is 8.07. The summed E-state index contributed by atoms with van der Waals surface area (Å²) in [6.45, 7) is 7.81. The molecule has 0 radical (unpaired) electrons. The first-order valence-electron chi connectivity index (χ1n) is 14.9. The predicted octanol–water partition coefficient (Wildman–Crippen LogP) is 4.09. The van der Waals surface area contributed by atoms with Crippen LogP contribution in [0.3, 0.4) is 0 Å². The van der Waals surface area contributed by atoms with Crippen LogP contribution in [0.4, 0.5) is 11.6 Å². The van der Waals surface area contributed by atoms with Gasteiger partial charge in [0.15, 0.2) is 11.5 Å². The van der Waals surface area contributed by atoms with Crippen LogP contribution in [0.5, 0.6) is 17.4 Å². The zero-order valence-electron chi connectivity index (χ0n) is 27.2. The van der Waals surface area contributed by atoms with Gasteiger partial charge in [-0.05, 0) is 61.2 Å². The van der Waals surface area contributed by atoms with E-state index in [0.717, 1.165) is 43.1 Å². The maximum absolute atomic E-state index is 11.5. The average molecular weight is 668 g/mol. The van der Waals surface area contributed by atoms with E-state index in [0.29, 0.717) is 29.1 Å². The van der Waals surface area contributed by atoms with E-state index in [-0.39, 0.29) is 28.1 Å². The number of nitrogens with two attached hydrogens (primary N) is 1. The first-order valence-corrected chi connectivity index (χ1v) is 16.8. The Hall–Kier alpha value is -4.89. The van der Waals surface area contributed by atoms with Gasteiger partial charge in [-0.15, -0.1) is 0 Å². The van der Waals surface area contributed by atoms with E-state index in [1.54, 1.807) is 48.1 Å². The second-order valence-electron chi connectivity index (χ2n) is 12.2. The highest BCUT2D eigenvalue weighted by molar-refractivity contribution is 7.92. The van der Waals surface area contributed by atoms with Crippen LogP contribution < -0.4 is 30.6 Å². The number of amides is 1. The third kappa shape index (κ3) is 8.89. The van der Waals surface area contributed by atoms with Gasteiger partial charge in [-0.3, -0.25) is 9.52 Å². The molecule has 0 atom stereocenters. The molecule has 0 unspecified atom stereocenters. The number of fused-ring (bicyclic) bond motifs is 1. The number of aromatic carboxylic acids is 1. The quantitative estimate of drug-likeness (QED) is 0.172. The molecule has 1 aliphatic rings. The molecule has 1 amide bonds. The number of benzene rings is 2. The van der Waals surface area contributed by atoms with Gasteiger partial charge in [-0.25, -0.2) is 18.2 Å². The Bertz CT molecular complexity index is 1880. The Morgan fingerprint density at radius 1 is 1.13 bits per heavy atom. The van der Waals surface area contributed by atoms with E-state index in [4.69, 9.17) is 15.2 Å². The molecule has 3 heterocycles. The number of hydrogen-bond donors (Lipinski definition) is 5. The molecule has 0 bridgehead atoms. The first kappa shape index (κ1) is 35.0. The van der Waals surface area contributed by atoms with Crippen molar-refractivity contribution >= 4 is 44.4 Å². The number of methoxy groups -OCH3 is 1. The van der Waals surface area contributed by atoms with Gasteiger partial charge in [0.25, 0.3) is 5.91 Å². The maximum atomic E-state index is 11.5. The van der Waals surface area contributed by atoms with E-state index in [1.807, 2.05) is 32.9 Å². The molecule has 47 heavy (non-hydrogen) atoms. The third-order valence-electron chi connectivity index (χ3n) is 7.48. The van der Waals surface area contributed by atoms with Crippen molar-refractivity contribution in [1.29, 1.82) is 0 Å². The SMILES string of the molecule is COc1c(NS(C)(=O)=O)cc(C(C)(C)C)cc1C(N)=O.Cn1c(C(=O)O)cc2cccc(Oc3ccnc(NC4CCNCC4)n3)c21. The summed E-state index contributed by atoms with van der Waals surface area (Å²) in [5.74, 6) is -0.0405. The van der Waals surface area contributed by atoms with Crippen molar-refractivity contribution in [2.24, 2.45) is 12.8 Å². The lowest BCUT2D eigenvalue weighted by molar-refractivity contribution is 0.0686. The molecular formula is C32H41N7O7S. The van der Waals surface area contributed by atoms with E-state index in [1.165, 1.54) is 7.11 Å². The van der Waals surface area contributed by atoms with Gasteiger partial charge < -0.3 is 35.5 Å². The molecule has 252 valence electrons. The number of aryl methyl sites for hydroxylation is 1. The number of piperidine rings is 1. The lowest BCUT2D eigenvalue weighted by Gasteiger charge is -2.23. The minimum Gasteiger partial charge on any atom is -0.494 e. The minimum atomic E-state index is -3.50. The first-order chi connectivity index (χ1) is 22.1. The number of para-hydroxylation sites is 1. The molecule has 1 fully saturated rings. The van der Waals surface area contributed by atoms with E-state index >= 15 is 0 Å². The largest absolute Gasteiger partial charge is 0.494 e.